The van der Waals surface area contributed by atoms with Crippen LogP contribution in [0, 0.1) is 10.1 Å². The van der Waals surface area contributed by atoms with Gasteiger partial charge in [-0.2, -0.15) is 9.30 Å². The van der Waals surface area contributed by atoms with Crippen LogP contribution in [0.3, 0.4) is 0 Å². The number of ether oxygens (including phenoxy) is 1. The number of aliphatic imine (C=N–C) groups is 1. The van der Waals surface area contributed by atoms with E-state index in [2.05, 4.69) is 4.99 Å². The van der Waals surface area contributed by atoms with Gasteiger partial charge in [0.1, 0.15) is 4.21 Å². The van der Waals surface area contributed by atoms with Gasteiger partial charge < -0.3 is 4.74 Å². The molecule has 1 aliphatic heterocycles. The Balaban J connectivity index is 2.42. The van der Waals surface area contributed by atoms with Gasteiger partial charge >= 0.3 is 0 Å². The molecule has 0 spiro atoms. The third kappa shape index (κ3) is 3.12. The van der Waals surface area contributed by atoms with E-state index in [1.165, 1.54) is 6.08 Å². The maximum Gasteiger partial charge on any atom is 0.300 e. The molecule has 0 aliphatic carbocycles. The summed E-state index contributed by atoms with van der Waals surface area (Å²) in [5.41, 5.74) is -0.482. The van der Waals surface area contributed by atoms with Crippen molar-refractivity contribution in [3.63, 3.8) is 0 Å². The lowest BCUT2D eigenvalue weighted by Gasteiger charge is -2.30. The minimum atomic E-state index is -4.06. The molecule has 1 fully saturated rings. The Kier molecular flexibility index (Phi) is 4.71. The zero-order valence-corrected chi connectivity index (χ0v) is 12.7. The molecule has 1 atom stereocenters. The van der Waals surface area contributed by atoms with E-state index in [4.69, 9.17) is 16.3 Å². The first kappa shape index (κ1) is 16.0. The quantitative estimate of drug-likeness (QED) is 0.344. The zero-order chi connectivity index (χ0) is 15.6. The van der Waals surface area contributed by atoms with Crippen molar-refractivity contribution in [2.75, 3.05) is 19.8 Å². The van der Waals surface area contributed by atoms with Crippen molar-refractivity contribution in [1.29, 1.82) is 0 Å². The fourth-order valence-electron chi connectivity index (χ4n) is 1.72. The number of morpholine rings is 1. The van der Waals surface area contributed by atoms with Crippen LogP contribution >= 0.6 is 22.9 Å². The summed E-state index contributed by atoms with van der Waals surface area (Å²) in [5.74, 6) is 0. The molecule has 1 aromatic heterocycles. The van der Waals surface area contributed by atoms with Crippen LogP contribution in [0.5, 0.6) is 0 Å². The normalized spacial score (nSPS) is 20.0. The van der Waals surface area contributed by atoms with Gasteiger partial charge in [-0.05, 0) is 0 Å². The fraction of sp³-hybridized carbons (Fsp3) is 0.444. The second kappa shape index (κ2) is 6.18. The van der Waals surface area contributed by atoms with Crippen LogP contribution in [0.15, 0.2) is 15.3 Å². The Morgan fingerprint density at radius 1 is 1.62 bits per heavy atom. The van der Waals surface area contributed by atoms with Gasteiger partial charge in [-0.1, -0.05) is 11.6 Å². The van der Waals surface area contributed by atoms with Crippen molar-refractivity contribution in [1.82, 2.24) is 4.31 Å². The number of nitro groups is 1. The number of thiophene rings is 1. The summed E-state index contributed by atoms with van der Waals surface area (Å²) in [4.78, 5) is 23.7. The van der Waals surface area contributed by atoms with Crippen LogP contribution in [0.4, 0.5) is 5.69 Å². The summed E-state index contributed by atoms with van der Waals surface area (Å²) >= 11 is 6.24. The van der Waals surface area contributed by atoms with Gasteiger partial charge in [-0.3, -0.25) is 10.1 Å². The molecular formula is C9H8ClN3O6S2. The summed E-state index contributed by atoms with van der Waals surface area (Å²) in [7, 11) is -4.06. The van der Waals surface area contributed by atoms with Crippen LogP contribution < -0.4 is 0 Å². The molecule has 0 N–H and O–H groups in total. The van der Waals surface area contributed by atoms with E-state index in [1.807, 2.05) is 0 Å². The lowest BCUT2D eigenvalue weighted by Crippen LogP contribution is -2.47. The highest BCUT2D eigenvalue weighted by Crippen LogP contribution is 2.38. The molecule has 1 unspecified atom stereocenters. The Morgan fingerprint density at radius 2 is 2.33 bits per heavy atom. The molecule has 0 radical (unpaired) electrons. The molecule has 12 heteroatoms. The van der Waals surface area contributed by atoms with E-state index in [0.717, 1.165) is 10.4 Å². The van der Waals surface area contributed by atoms with Crippen molar-refractivity contribution < 1.29 is 22.9 Å². The summed E-state index contributed by atoms with van der Waals surface area (Å²) in [6.45, 7) is 0.0163. The number of carbonyl (C=O) groups excluding carboxylic acids is 1. The Morgan fingerprint density at radius 3 is 2.90 bits per heavy atom. The Bertz CT molecular complexity index is 711. The minimum Gasteiger partial charge on any atom is -0.376 e. The zero-order valence-electron chi connectivity index (χ0n) is 10.3. The molecule has 0 saturated carbocycles. The summed E-state index contributed by atoms with van der Waals surface area (Å²) in [6.07, 6.45) is 0.243. The number of halogens is 1. The molecular weight excluding hydrogens is 346 g/mol. The third-order valence-corrected chi connectivity index (χ3v) is 6.35. The van der Waals surface area contributed by atoms with E-state index in [-0.39, 0.29) is 28.3 Å². The van der Waals surface area contributed by atoms with Crippen LogP contribution in [-0.2, 0) is 19.6 Å². The number of sulfonamides is 1. The van der Waals surface area contributed by atoms with Gasteiger partial charge in [-0.15, -0.1) is 11.3 Å². The van der Waals surface area contributed by atoms with Crippen LogP contribution in [0.25, 0.3) is 0 Å². The van der Waals surface area contributed by atoms with E-state index >= 15 is 0 Å². The predicted octanol–water partition coefficient (Wildman–Crippen LogP) is 0.993. The highest BCUT2D eigenvalue weighted by atomic mass is 35.5. The maximum absolute atomic E-state index is 12.5. The average molecular weight is 354 g/mol. The molecule has 1 saturated heterocycles. The van der Waals surface area contributed by atoms with Gasteiger partial charge in [0.15, 0.2) is 10.5 Å². The van der Waals surface area contributed by atoms with Gasteiger partial charge in [0.25, 0.3) is 15.7 Å². The molecule has 1 aromatic rings. The second-order valence-corrected chi connectivity index (χ2v) is 7.64. The lowest BCUT2D eigenvalue weighted by atomic mass is 10.4. The number of nitrogens with zero attached hydrogens (tertiary/aromatic N) is 3. The predicted molar refractivity (Wildman–Crippen MR) is 72.6 cm³/mol. The van der Waals surface area contributed by atoms with Crippen molar-refractivity contribution in [2.24, 2.45) is 4.99 Å². The van der Waals surface area contributed by atoms with Gasteiger partial charge in [-0.25, -0.2) is 13.2 Å². The van der Waals surface area contributed by atoms with Gasteiger partial charge in [0.05, 0.1) is 18.1 Å². The Labute approximate surface area is 128 Å². The number of rotatable bonds is 4. The van der Waals surface area contributed by atoms with Crippen LogP contribution in [-0.4, -0.2) is 49.7 Å². The average Bonchev–Trinajstić information content (AvgIpc) is 2.82. The maximum atomic E-state index is 12.5. The Hall–Kier alpha value is -1.36. The number of hydrogen-bond donors (Lipinski definition) is 0. The van der Waals surface area contributed by atoms with Crippen molar-refractivity contribution in [3.8, 4) is 0 Å². The molecule has 0 bridgehead atoms. The standard InChI is InChI=1S/C9H8ClN3O6S2/c10-9-6(13(15)16)3-8(20-9)21(17,18)12-1-2-19-4-7(12)11-5-14/h3,7H,1-2,4H2. The first-order chi connectivity index (χ1) is 9.87. The fourth-order valence-corrected chi connectivity index (χ4v) is 5.01. The molecule has 9 nitrogen and oxygen atoms in total. The van der Waals surface area contributed by atoms with E-state index < -0.39 is 26.8 Å². The van der Waals surface area contributed by atoms with E-state index in [1.54, 1.807) is 0 Å². The summed E-state index contributed by atoms with van der Waals surface area (Å²) < 4.78 is 30.4. The second-order valence-electron chi connectivity index (χ2n) is 3.87. The first-order valence-electron chi connectivity index (χ1n) is 5.48. The van der Waals surface area contributed by atoms with Crippen LogP contribution in [0.1, 0.15) is 0 Å². The number of isocyanates is 1. The minimum absolute atomic E-state index is 0.0263. The largest absolute Gasteiger partial charge is 0.376 e. The molecule has 0 amide bonds. The molecule has 2 heterocycles. The highest BCUT2D eigenvalue weighted by molar-refractivity contribution is 7.91. The topological polar surface area (TPSA) is 119 Å². The molecule has 21 heavy (non-hydrogen) atoms. The molecule has 0 aromatic carbocycles. The van der Waals surface area contributed by atoms with Crippen LogP contribution in [0.2, 0.25) is 4.34 Å². The van der Waals surface area contributed by atoms with Crippen molar-refractivity contribution in [2.45, 2.75) is 10.4 Å². The SMILES string of the molecule is O=C=NC1COCCN1S(=O)(=O)c1cc([N+](=O)[O-])c(Cl)s1. The molecule has 114 valence electrons. The number of hydrogen-bond acceptors (Lipinski definition) is 8. The van der Waals surface area contributed by atoms with E-state index in [0.29, 0.717) is 11.3 Å². The van der Waals surface area contributed by atoms with Crippen molar-refractivity contribution in [3.05, 3.63) is 20.5 Å². The molecule has 1 aliphatic rings. The summed E-state index contributed by atoms with van der Waals surface area (Å²) in [6, 6.07) is 0.888. The smallest absolute Gasteiger partial charge is 0.300 e. The highest BCUT2D eigenvalue weighted by Gasteiger charge is 2.37. The monoisotopic (exact) mass is 353 g/mol. The van der Waals surface area contributed by atoms with Crippen molar-refractivity contribution >= 4 is 44.7 Å². The summed E-state index contributed by atoms with van der Waals surface area (Å²) in [5, 5.41) is 10.7. The van der Waals surface area contributed by atoms with Gasteiger partial charge in [0.2, 0.25) is 6.08 Å². The molecule has 2 rings (SSSR count). The third-order valence-electron chi connectivity index (χ3n) is 2.66. The first-order valence-corrected chi connectivity index (χ1v) is 8.11. The van der Waals surface area contributed by atoms with E-state index in [9.17, 15) is 23.3 Å². The van der Waals surface area contributed by atoms with Gasteiger partial charge in [0, 0.05) is 12.6 Å². The lowest BCUT2D eigenvalue weighted by molar-refractivity contribution is -0.384.